The Morgan fingerprint density at radius 2 is 1.83 bits per heavy atom. The normalized spacial score (nSPS) is 16.0. The molecule has 178 valence electrons. The summed E-state index contributed by atoms with van der Waals surface area (Å²) in [6.07, 6.45) is 8.11. The smallest absolute Gasteiger partial charge is 0.503 e. The van der Waals surface area contributed by atoms with Crippen LogP contribution in [0.15, 0.2) is 63.2 Å². The maximum Gasteiger partial charge on any atom is 0.737 e. The average Bonchev–Trinajstić information content (AvgIpc) is 3.45. The number of halogens is 4. The van der Waals surface area contributed by atoms with Gasteiger partial charge in [-0.25, -0.2) is 0 Å². The molecule has 3 aromatic rings. The third kappa shape index (κ3) is 3.66. The third-order valence-corrected chi connectivity index (χ3v) is 8.36. The van der Waals surface area contributed by atoms with Crippen molar-refractivity contribution in [2.75, 3.05) is 12.8 Å². The van der Waals surface area contributed by atoms with E-state index in [-0.39, 0.29) is 11.5 Å². The number of fused-ring (bicyclic) bond motifs is 2. The first kappa shape index (κ1) is 23.6. The highest BCUT2D eigenvalue weighted by atomic mass is 79.9. The molecule has 3 N–H and O–H groups in total. The van der Waals surface area contributed by atoms with Crippen molar-refractivity contribution in [1.29, 1.82) is 0 Å². The molecular formula is C25H20BBr2F2N3O2. The van der Waals surface area contributed by atoms with E-state index >= 15 is 8.63 Å². The quantitative estimate of drug-likeness (QED) is 0.267. The van der Waals surface area contributed by atoms with Gasteiger partial charge in [0.25, 0.3) is 0 Å². The lowest BCUT2D eigenvalue weighted by molar-refractivity contribution is -0.356. The summed E-state index contributed by atoms with van der Waals surface area (Å²) < 4.78 is 40.3. The molecule has 0 bridgehead atoms. The molecule has 0 amide bonds. The molecule has 2 aliphatic rings. The molecule has 0 fully saturated rings. The molecule has 5 rings (SSSR count). The molecule has 1 aromatic heterocycles. The zero-order valence-electron chi connectivity index (χ0n) is 18.8. The lowest BCUT2D eigenvalue weighted by Crippen LogP contribution is -2.50. The number of hydrogen-bond donors (Lipinski definition) is 2. The van der Waals surface area contributed by atoms with Crippen molar-refractivity contribution in [2.24, 2.45) is 0 Å². The average molecular weight is 603 g/mol. The van der Waals surface area contributed by atoms with Gasteiger partial charge in [-0.1, -0.05) is 18.2 Å². The number of nitrogen functional groups attached to an aromatic ring is 1. The summed E-state index contributed by atoms with van der Waals surface area (Å²) in [6, 6.07) is 10.6. The highest BCUT2D eigenvalue weighted by Gasteiger charge is 2.53. The summed E-state index contributed by atoms with van der Waals surface area (Å²) in [5.74, 6) is 0.212. The van der Waals surface area contributed by atoms with E-state index in [1.54, 1.807) is 48.6 Å². The predicted molar refractivity (Wildman–Crippen MR) is 144 cm³/mol. The van der Waals surface area contributed by atoms with Gasteiger partial charge in [-0.2, -0.15) is 0 Å². The van der Waals surface area contributed by atoms with Gasteiger partial charge in [0.15, 0.2) is 17.2 Å². The first-order chi connectivity index (χ1) is 16.6. The molecule has 0 spiro atoms. The molecule has 0 saturated carbocycles. The Morgan fingerprint density at radius 3 is 2.51 bits per heavy atom. The van der Waals surface area contributed by atoms with E-state index in [9.17, 15) is 5.11 Å². The monoisotopic (exact) mass is 601 g/mol. The van der Waals surface area contributed by atoms with Gasteiger partial charge in [0, 0.05) is 33.7 Å². The van der Waals surface area contributed by atoms with Crippen LogP contribution in [0.25, 0.3) is 17.7 Å². The van der Waals surface area contributed by atoms with Gasteiger partial charge in [0.2, 0.25) is 0 Å². The summed E-state index contributed by atoms with van der Waals surface area (Å²) >= 11 is 6.78. The molecule has 2 aromatic carbocycles. The number of ether oxygens (including phenoxy) is 1. The molecule has 0 saturated heterocycles. The highest BCUT2D eigenvalue weighted by molar-refractivity contribution is 9.13. The first-order valence-corrected chi connectivity index (χ1v) is 12.3. The number of aromatic hydroxyl groups is 1. The largest absolute Gasteiger partial charge is 0.737 e. The highest BCUT2D eigenvalue weighted by Crippen LogP contribution is 2.44. The van der Waals surface area contributed by atoms with Gasteiger partial charge in [-0.05, 0) is 85.8 Å². The lowest BCUT2D eigenvalue weighted by Gasteiger charge is -2.32. The number of aryl methyl sites for hydroxylation is 1. The second kappa shape index (κ2) is 8.53. The molecular weight excluding hydrogens is 583 g/mol. The number of phenolic OH excluding ortho intramolecular Hbond substituents is 1. The minimum atomic E-state index is -4.14. The van der Waals surface area contributed by atoms with Crippen LogP contribution >= 0.6 is 31.9 Å². The van der Waals surface area contributed by atoms with Gasteiger partial charge in [-0.15, -0.1) is 0 Å². The molecule has 0 atom stereocenters. The van der Waals surface area contributed by atoms with E-state index in [4.69, 9.17) is 10.5 Å². The van der Waals surface area contributed by atoms with Gasteiger partial charge in [0.1, 0.15) is 6.21 Å². The van der Waals surface area contributed by atoms with Crippen LogP contribution < -0.4 is 10.5 Å². The standard InChI is InChI=1S/C25H20BBr2F2N3O2/c1-14-12-18(10-7-16-13-20(35-2)25(34)23(28)22(16)27)33-24(14)21(15-5-8-17(31)9-6-15)19-4-3-11-32(19)26(33,29)30/h3-13,34H,31H2,1-2H3/b10-7+. The summed E-state index contributed by atoms with van der Waals surface area (Å²) in [7, 11) is 1.45. The van der Waals surface area contributed by atoms with E-state index < -0.39 is 6.97 Å². The molecule has 3 heterocycles. The SMILES string of the molecule is COc1cc(/C=C/c2cc(C)c3n2[B-](F)(F)[N+]2=CC=CC2=C3c2ccc(N)cc2)c(Br)c(Br)c1O. The Hall–Kier alpha value is -3.11. The number of nitrogens with two attached hydrogens (primary N) is 1. The van der Waals surface area contributed by atoms with Crippen LogP contribution in [0.2, 0.25) is 0 Å². The number of hydrogen-bond acceptors (Lipinski definition) is 3. The van der Waals surface area contributed by atoms with E-state index in [1.807, 2.05) is 19.1 Å². The van der Waals surface area contributed by atoms with Crippen molar-refractivity contribution in [3.8, 4) is 11.5 Å². The van der Waals surface area contributed by atoms with Crippen LogP contribution in [0, 0.1) is 6.92 Å². The fraction of sp³-hybridized carbons (Fsp3) is 0.0800. The summed E-state index contributed by atoms with van der Waals surface area (Å²) in [6.45, 7) is -2.30. The maximum atomic E-state index is 15.9. The Morgan fingerprint density at radius 1 is 1.11 bits per heavy atom. The number of benzene rings is 2. The van der Waals surface area contributed by atoms with Gasteiger partial charge >= 0.3 is 6.97 Å². The molecule has 0 unspecified atom stereocenters. The van der Waals surface area contributed by atoms with E-state index in [2.05, 4.69) is 31.9 Å². The zero-order chi connectivity index (χ0) is 25.1. The summed E-state index contributed by atoms with van der Waals surface area (Å²) in [5, 5.41) is 10.2. The van der Waals surface area contributed by atoms with Crippen LogP contribution in [0.3, 0.4) is 0 Å². The number of rotatable bonds is 4. The van der Waals surface area contributed by atoms with Crippen LogP contribution in [-0.4, -0.2) is 34.4 Å². The number of nitrogens with zero attached hydrogens (tertiary/aromatic N) is 2. The first-order valence-electron chi connectivity index (χ1n) is 10.7. The Bertz CT molecular complexity index is 1510. The Kier molecular flexibility index (Phi) is 5.76. The van der Waals surface area contributed by atoms with Gasteiger partial charge in [0.05, 0.1) is 17.2 Å². The van der Waals surface area contributed by atoms with Crippen molar-refractivity contribution in [3.05, 3.63) is 91.3 Å². The minimum Gasteiger partial charge on any atom is -0.503 e. The maximum absolute atomic E-state index is 15.9. The molecule has 10 heteroatoms. The van der Waals surface area contributed by atoms with Crippen LogP contribution in [0.4, 0.5) is 14.3 Å². The lowest BCUT2D eigenvalue weighted by atomic mass is 9.85. The molecule has 5 nitrogen and oxygen atoms in total. The Balaban J connectivity index is 1.71. The second-order valence-corrected chi connectivity index (χ2v) is 9.92. The molecule has 35 heavy (non-hydrogen) atoms. The fourth-order valence-corrected chi connectivity index (χ4v) is 5.44. The number of methoxy groups -OCH3 is 1. The van der Waals surface area contributed by atoms with Crippen molar-refractivity contribution < 1.29 is 23.0 Å². The van der Waals surface area contributed by atoms with Crippen molar-refractivity contribution in [1.82, 2.24) is 4.48 Å². The number of anilines is 1. The summed E-state index contributed by atoms with van der Waals surface area (Å²) in [5.41, 5.74) is 10.7. The third-order valence-electron chi connectivity index (χ3n) is 6.20. The van der Waals surface area contributed by atoms with Gasteiger partial charge < -0.3 is 33.2 Å². The fourth-order valence-electron chi connectivity index (χ4n) is 4.58. The minimum absolute atomic E-state index is 0.0508. The summed E-state index contributed by atoms with van der Waals surface area (Å²) in [4.78, 5) is 0. The molecule has 2 aliphatic heterocycles. The van der Waals surface area contributed by atoms with Crippen LogP contribution in [0.5, 0.6) is 11.5 Å². The second-order valence-electron chi connectivity index (χ2n) is 8.33. The van der Waals surface area contributed by atoms with Crippen molar-refractivity contribution >= 4 is 68.5 Å². The van der Waals surface area contributed by atoms with Crippen LogP contribution in [0.1, 0.15) is 28.1 Å². The number of allylic oxidation sites excluding steroid dienone is 2. The molecule has 0 aliphatic carbocycles. The Labute approximate surface area is 217 Å². The topological polar surface area (TPSA) is 63.4 Å². The van der Waals surface area contributed by atoms with Crippen LogP contribution in [-0.2, 0) is 0 Å². The number of phenols is 1. The van der Waals surface area contributed by atoms with Crippen molar-refractivity contribution in [3.63, 3.8) is 0 Å². The van der Waals surface area contributed by atoms with Gasteiger partial charge in [-0.3, -0.25) is 0 Å². The van der Waals surface area contributed by atoms with E-state index in [0.717, 1.165) is 25.7 Å². The van der Waals surface area contributed by atoms with Crippen molar-refractivity contribution in [2.45, 2.75) is 6.92 Å². The molecule has 0 radical (unpaired) electrons. The number of aromatic nitrogens is 1. The zero-order valence-corrected chi connectivity index (χ0v) is 21.9. The van der Waals surface area contributed by atoms with E-state index in [1.165, 1.54) is 13.3 Å². The predicted octanol–water partition coefficient (Wildman–Crippen LogP) is 6.44. The van der Waals surface area contributed by atoms with E-state index in [0.29, 0.717) is 37.3 Å².